The first-order valence-electron chi connectivity index (χ1n) is 5.10. The molecule has 0 fully saturated rings. The standard InChI is InChI=1S/C11H5BrF2N4O2/c1-20-11(19)4-3-16-10-6(13)2-5(12)8(14)7(10)9(4)17-18-15/h2-3H,1H3. The maximum Gasteiger partial charge on any atom is 0.339 e. The van der Waals surface area contributed by atoms with Crippen molar-refractivity contribution in [2.75, 3.05) is 7.11 Å². The number of benzene rings is 1. The Morgan fingerprint density at radius 1 is 1.55 bits per heavy atom. The molecule has 1 aromatic heterocycles. The quantitative estimate of drug-likeness (QED) is 0.271. The second kappa shape index (κ2) is 5.40. The van der Waals surface area contributed by atoms with E-state index in [1.165, 1.54) is 0 Å². The van der Waals surface area contributed by atoms with E-state index in [2.05, 4.69) is 35.7 Å². The van der Waals surface area contributed by atoms with E-state index in [0.29, 0.717) is 0 Å². The molecule has 0 saturated heterocycles. The monoisotopic (exact) mass is 342 g/mol. The molecule has 0 spiro atoms. The third-order valence-corrected chi connectivity index (χ3v) is 3.09. The number of pyridine rings is 1. The van der Waals surface area contributed by atoms with Gasteiger partial charge in [0.15, 0.2) is 5.82 Å². The zero-order valence-corrected chi connectivity index (χ0v) is 11.5. The number of aromatic nitrogens is 1. The van der Waals surface area contributed by atoms with Gasteiger partial charge in [0.1, 0.15) is 11.3 Å². The van der Waals surface area contributed by atoms with E-state index >= 15 is 0 Å². The number of methoxy groups -OCH3 is 1. The van der Waals surface area contributed by atoms with Crippen molar-refractivity contribution in [3.63, 3.8) is 0 Å². The summed E-state index contributed by atoms with van der Waals surface area (Å²) in [5, 5.41) is 2.87. The average Bonchev–Trinajstić information content (AvgIpc) is 2.44. The summed E-state index contributed by atoms with van der Waals surface area (Å²) in [6.07, 6.45) is 0.967. The first-order chi connectivity index (χ1) is 9.51. The highest BCUT2D eigenvalue weighted by Crippen LogP contribution is 2.35. The van der Waals surface area contributed by atoms with Gasteiger partial charge in [0.2, 0.25) is 0 Å². The van der Waals surface area contributed by atoms with E-state index in [9.17, 15) is 13.6 Å². The molecule has 9 heteroatoms. The molecule has 6 nitrogen and oxygen atoms in total. The van der Waals surface area contributed by atoms with Crippen LogP contribution < -0.4 is 0 Å². The van der Waals surface area contributed by atoms with Crippen molar-refractivity contribution in [2.24, 2.45) is 5.11 Å². The van der Waals surface area contributed by atoms with Crippen LogP contribution in [0.1, 0.15) is 10.4 Å². The van der Waals surface area contributed by atoms with Crippen molar-refractivity contribution < 1.29 is 18.3 Å². The molecule has 1 heterocycles. The van der Waals surface area contributed by atoms with Crippen LogP contribution in [0.25, 0.3) is 21.3 Å². The maximum atomic E-state index is 14.1. The topological polar surface area (TPSA) is 88.0 Å². The summed E-state index contributed by atoms with van der Waals surface area (Å²) in [4.78, 5) is 17.8. The predicted octanol–water partition coefficient (Wildman–Crippen LogP) is 4.00. The van der Waals surface area contributed by atoms with E-state index < -0.39 is 23.0 Å². The molecular formula is C11H5BrF2N4O2. The fraction of sp³-hybridized carbons (Fsp3) is 0.0909. The van der Waals surface area contributed by atoms with E-state index in [-0.39, 0.29) is 21.2 Å². The van der Waals surface area contributed by atoms with Crippen LogP contribution in [0, 0.1) is 11.6 Å². The Morgan fingerprint density at radius 2 is 2.25 bits per heavy atom. The minimum atomic E-state index is -0.887. The number of nitrogens with zero attached hydrogens (tertiary/aromatic N) is 4. The Balaban J connectivity index is 3.01. The molecule has 2 aromatic rings. The van der Waals surface area contributed by atoms with Crippen molar-refractivity contribution in [1.29, 1.82) is 0 Å². The molecule has 0 saturated carbocycles. The van der Waals surface area contributed by atoms with Crippen molar-refractivity contribution in [2.45, 2.75) is 0 Å². The fourth-order valence-electron chi connectivity index (χ4n) is 1.66. The van der Waals surface area contributed by atoms with Crippen LogP contribution in [0.4, 0.5) is 14.5 Å². The maximum absolute atomic E-state index is 14.1. The van der Waals surface area contributed by atoms with Gasteiger partial charge in [-0.2, -0.15) is 0 Å². The van der Waals surface area contributed by atoms with Crippen molar-refractivity contribution in [3.8, 4) is 0 Å². The minimum Gasteiger partial charge on any atom is -0.465 e. The lowest BCUT2D eigenvalue weighted by Crippen LogP contribution is -2.04. The molecule has 0 aliphatic rings. The molecule has 102 valence electrons. The minimum absolute atomic E-state index is 0.180. The Morgan fingerprint density at radius 3 is 2.85 bits per heavy atom. The Bertz CT molecular complexity index is 775. The number of halogens is 3. The molecule has 0 aliphatic carbocycles. The zero-order chi connectivity index (χ0) is 14.9. The third-order valence-electron chi connectivity index (χ3n) is 2.51. The summed E-state index contributed by atoms with van der Waals surface area (Å²) < 4.78 is 32.2. The highest BCUT2D eigenvalue weighted by molar-refractivity contribution is 9.10. The molecule has 0 unspecified atom stereocenters. The number of hydrogen-bond donors (Lipinski definition) is 0. The first kappa shape index (κ1) is 14.2. The number of esters is 1. The summed E-state index contributed by atoms with van der Waals surface area (Å²) in [5.74, 6) is -2.58. The predicted molar refractivity (Wildman–Crippen MR) is 69.5 cm³/mol. The smallest absolute Gasteiger partial charge is 0.339 e. The van der Waals surface area contributed by atoms with Gasteiger partial charge < -0.3 is 4.74 Å². The summed E-state index contributed by atoms with van der Waals surface area (Å²) in [7, 11) is 1.10. The largest absolute Gasteiger partial charge is 0.465 e. The summed E-state index contributed by atoms with van der Waals surface area (Å²) in [5.41, 5.74) is 7.57. The van der Waals surface area contributed by atoms with Gasteiger partial charge in [-0.05, 0) is 27.5 Å². The van der Waals surface area contributed by atoms with Crippen LogP contribution in [0.15, 0.2) is 21.9 Å². The van der Waals surface area contributed by atoms with Gasteiger partial charge in [0, 0.05) is 11.1 Å². The van der Waals surface area contributed by atoms with Crippen LogP contribution in [-0.4, -0.2) is 18.1 Å². The number of hydrogen-bond acceptors (Lipinski definition) is 4. The number of fused-ring (bicyclic) bond motifs is 1. The van der Waals surface area contributed by atoms with E-state index in [0.717, 1.165) is 19.4 Å². The second-order valence-corrected chi connectivity index (χ2v) is 4.43. The number of carbonyl (C=O) groups is 1. The lowest BCUT2D eigenvalue weighted by Gasteiger charge is -2.09. The summed E-state index contributed by atoms with van der Waals surface area (Å²) in [6.45, 7) is 0. The highest BCUT2D eigenvalue weighted by Gasteiger charge is 2.21. The molecule has 20 heavy (non-hydrogen) atoms. The van der Waals surface area contributed by atoms with E-state index in [4.69, 9.17) is 5.53 Å². The first-order valence-corrected chi connectivity index (χ1v) is 5.90. The number of carbonyl (C=O) groups excluding carboxylic acids is 1. The lowest BCUT2D eigenvalue weighted by atomic mass is 10.1. The summed E-state index contributed by atoms with van der Waals surface area (Å²) in [6, 6.07) is 0.891. The van der Waals surface area contributed by atoms with Gasteiger partial charge in [-0.15, -0.1) is 0 Å². The van der Waals surface area contributed by atoms with Crippen LogP contribution in [0.3, 0.4) is 0 Å². The van der Waals surface area contributed by atoms with E-state index in [1.807, 2.05) is 0 Å². The van der Waals surface area contributed by atoms with Crippen LogP contribution in [0.5, 0.6) is 0 Å². The van der Waals surface area contributed by atoms with E-state index in [1.54, 1.807) is 0 Å². The lowest BCUT2D eigenvalue weighted by molar-refractivity contribution is 0.0601. The van der Waals surface area contributed by atoms with Gasteiger partial charge in [-0.3, -0.25) is 4.98 Å². The molecular weight excluding hydrogens is 338 g/mol. The molecule has 0 radical (unpaired) electrons. The molecule has 0 bridgehead atoms. The zero-order valence-electron chi connectivity index (χ0n) is 9.89. The van der Waals surface area contributed by atoms with Crippen LogP contribution in [-0.2, 0) is 4.74 Å². The number of azide groups is 1. The van der Waals surface area contributed by atoms with Gasteiger partial charge in [-0.1, -0.05) is 5.11 Å². The third kappa shape index (κ3) is 2.17. The Kier molecular flexibility index (Phi) is 3.82. The van der Waals surface area contributed by atoms with Crippen molar-refractivity contribution in [3.05, 3.63) is 44.4 Å². The molecule has 0 aliphatic heterocycles. The van der Waals surface area contributed by atoms with Gasteiger partial charge in [0.25, 0.3) is 0 Å². The molecule has 0 atom stereocenters. The second-order valence-electron chi connectivity index (χ2n) is 3.58. The molecule has 2 rings (SSSR count). The molecule has 0 amide bonds. The van der Waals surface area contributed by atoms with Crippen LogP contribution in [0.2, 0.25) is 0 Å². The van der Waals surface area contributed by atoms with Gasteiger partial charge >= 0.3 is 5.97 Å². The Hall–Kier alpha value is -2.25. The SMILES string of the molecule is COC(=O)c1cnc2c(F)cc(Br)c(F)c2c1N=[N+]=[N-]. The normalized spacial score (nSPS) is 10.2. The number of ether oxygens (including phenoxy) is 1. The fourth-order valence-corrected chi connectivity index (χ4v) is 2.06. The van der Waals surface area contributed by atoms with Crippen LogP contribution >= 0.6 is 15.9 Å². The van der Waals surface area contributed by atoms with Gasteiger partial charge in [0.05, 0.1) is 28.2 Å². The highest BCUT2D eigenvalue weighted by atomic mass is 79.9. The number of rotatable bonds is 2. The van der Waals surface area contributed by atoms with Crippen molar-refractivity contribution in [1.82, 2.24) is 4.98 Å². The summed E-state index contributed by atoms with van der Waals surface area (Å²) >= 11 is 2.84. The molecule has 1 aromatic carbocycles. The van der Waals surface area contributed by atoms with Gasteiger partial charge in [-0.25, -0.2) is 13.6 Å². The Labute approximate surface area is 119 Å². The molecule has 0 N–H and O–H groups in total. The van der Waals surface area contributed by atoms with Crippen molar-refractivity contribution >= 4 is 38.5 Å². The average molecular weight is 343 g/mol.